The quantitative estimate of drug-likeness (QED) is 0.257. The molecule has 0 saturated carbocycles. The molecule has 1 unspecified atom stereocenters. The lowest BCUT2D eigenvalue weighted by Gasteiger charge is -2.19. The number of benzene rings is 2. The van der Waals surface area contributed by atoms with Crippen molar-refractivity contribution in [1.82, 2.24) is 15.5 Å². The summed E-state index contributed by atoms with van der Waals surface area (Å²) in [5, 5.41) is 6.49. The minimum absolute atomic E-state index is 0.0985. The average molecular weight is 439 g/mol. The number of carbonyl (C=O) groups excluding carboxylic acids is 2. The van der Waals surface area contributed by atoms with E-state index in [1.165, 1.54) is 4.90 Å². The number of nitrogens with one attached hydrogen (secondary N) is 2. The maximum atomic E-state index is 12.4. The zero-order valence-electron chi connectivity index (χ0n) is 18.8. The maximum Gasteiger partial charge on any atom is 0.261 e. The van der Waals surface area contributed by atoms with Crippen molar-refractivity contribution in [2.45, 2.75) is 25.9 Å². The lowest BCUT2D eigenvalue weighted by molar-refractivity contribution is 0.0652. The SMILES string of the molecule is CN=C(NCCCCN1C(=O)c2ccccc2C1=O)NCC(C)Oc1ccccc1OC. The summed E-state index contributed by atoms with van der Waals surface area (Å²) in [5.74, 6) is 1.64. The molecular formula is C24H30N4O4. The molecule has 8 nitrogen and oxygen atoms in total. The van der Waals surface area contributed by atoms with E-state index < -0.39 is 0 Å². The zero-order valence-corrected chi connectivity index (χ0v) is 18.8. The van der Waals surface area contributed by atoms with Gasteiger partial charge in [-0.2, -0.15) is 0 Å². The molecule has 1 aliphatic rings. The van der Waals surface area contributed by atoms with Crippen molar-refractivity contribution in [3.05, 3.63) is 59.7 Å². The third-order valence-electron chi connectivity index (χ3n) is 5.16. The number of imide groups is 1. The van der Waals surface area contributed by atoms with Crippen LogP contribution in [0.25, 0.3) is 0 Å². The minimum Gasteiger partial charge on any atom is -0.493 e. The Labute approximate surface area is 188 Å². The summed E-state index contributed by atoms with van der Waals surface area (Å²) in [6.07, 6.45) is 1.41. The third-order valence-corrected chi connectivity index (χ3v) is 5.16. The normalized spacial score (nSPS) is 14.2. The van der Waals surface area contributed by atoms with Gasteiger partial charge < -0.3 is 20.1 Å². The van der Waals surface area contributed by atoms with E-state index in [-0.39, 0.29) is 17.9 Å². The molecule has 0 spiro atoms. The molecule has 3 rings (SSSR count). The van der Waals surface area contributed by atoms with Gasteiger partial charge in [0.05, 0.1) is 24.8 Å². The molecule has 0 radical (unpaired) electrons. The number of guanidine groups is 1. The highest BCUT2D eigenvalue weighted by Gasteiger charge is 2.34. The van der Waals surface area contributed by atoms with Gasteiger partial charge in [-0.3, -0.25) is 19.5 Å². The molecule has 1 aliphatic heterocycles. The van der Waals surface area contributed by atoms with Gasteiger partial charge in [-0.15, -0.1) is 0 Å². The van der Waals surface area contributed by atoms with Crippen LogP contribution in [0.15, 0.2) is 53.5 Å². The second-order valence-corrected chi connectivity index (χ2v) is 7.47. The first-order valence-corrected chi connectivity index (χ1v) is 10.7. The van der Waals surface area contributed by atoms with Crippen molar-refractivity contribution < 1.29 is 19.1 Å². The standard InChI is InChI=1S/C24H30N4O4/c1-17(32-21-13-7-6-12-20(21)31-3)16-27-24(25-2)26-14-8-9-15-28-22(29)18-10-4-5-11-19(18)23(28)30/h4-7,10-13,17H,8-9,14-16H2,1-3H3,(H2,25,26,27). The predicted octanol–water partition coefficient (Wildman–Crippen LogP) is 2.70. The van der Waals surface area contributed by atoms with Gasteiger partial charge in [0.1, 0.15) is 6.10 Å². The van der Waals surface area contributed by atoms with Gasteiger partial charge in [-0.1, -0.05) is 24.3 Å². The Hall–Kier alpha value is -3.55. The van der Waals surface area contributed by atoms with Gasteiger partial charge in [0, 0.05) is 20.1 Å². The summed E-state index contributed by atoms with van der Waals surface area (Å²) in [4.78, 5) is 30.3. The number of para-hydroxylation sites is 2. The van der Waals surface area contributed by atoms with E-state index in [4.69, 9.17) is 9.47 Å². The van der Waals surface area contributed by atoms with Crippen LogP contribution < -0.4 is 20.1 Å². The van der Waals surface area contributed by atoms with Crippen LogP contribution in [0.2, 0.25) is 0 Å². The van der Waals surface area contributed by atoms with Crippen molar-refractivity contribution >= 4 is 17.8 Å². The van der Waals surface area contributed by atoms with E-state index in [1.807, 2.05) is 31.2 Å². The molecule has 0 aliphatic carbocycles. The molecule has 1 atom stereocenters. The molecule has 0 aromatic heterocycles. The maximum absolute atomic E-state index is 12.4. The van der Waals surface area contributed by atoms with Gasteiger partial charge in [-0.05, 0) is 44.0 Å². The second kappa shape index (κ2) is 11.2. The van der Waals surface area contributed by atoms with E-state index in [0.717, 1.165) is 6.42 Å². The summed E-state index contributed by atoms with van der Waals surface area (Å²) in [5.41, 5.74) is 0.981. The number of carbonyl (C=O) groups is 2. The number of amides is 2. The lowest BCUT2D eigenvalue weighted by atomic mass is 10.1. The second-order valence-electron chi connectivity index (χ2n) is 7.47. The first kappa shape index (κ1) is 23.1. The molecule has 0 fully saturated rings. The Morgan fingerprint density at radius 3 is 2.22 bits per heavy atom. The highest BCUT2D eigenvalue weighted by Crippen LogP contribution is 2.26. The van der Waals surface area contributed by atoms with Crippen LogP contribution in [0.5, 0.6) is 11.5 Å². The summed E-state index contributed by atoms with van der Waals surface area (Å²) in [6.45, 7) is 3.61. The summed E-state index contributed by atoms with van der Waals surface area (Å²) >= 11 is 0. The number of hydrogen-bond donors (Lipinski definition) is 2. The Kier molecular flexibility index (Phi) is 8.08. The molecular weight excluding hydrogens is 408 g/mol. The molecule has 2 N–H and O–H groups in total. The number of rotatable bonds is 10. The average Bonchev–Trinajstić information content (AvgIpc) is 3.06. The van der Waals surface area contributed by atoms with Crippen LogP contribution in [0, 0.1) is 0 Å². The van der Waals surface area contributed by atoms with E-state index >= 15 is 0 Å². The fourth-order valence-electron chi connectivity index (χ4n) is 3.48. The first-order valence-electron chi connectivity index (χ1n) is 10.7. The van der Waals surface area contributed by atoms with Crippen molar-refractivity contribution in [3.8, 4) is 11.5 Å². The molecule has 8 heteroatoms. The summed E-state index contributed by atoms with van der Waals surface area (Å²) < 4.78 is 11.2. The Morgan fingerprint density at radius 2 is 1.59 bits per heavy atom. The zero-order chi connectivity index (χ0) is 22.9. The number of methoxy groups -OCH3 is 1. The van der Waals surface area contributed by atoms with Crippen LogP contribution in [0.1, 0.15) is 40.5 Å². The largest absolute Gasteiger partial charge is 0.493 e. The first-order chi connectivity index (χ1) is 15.5. The number of fused-ring (bicyclic) bond motifs is 1. The van der Waals surface area contributed by atoms with Crippen LogP contribution in [0.3, 0.4) is 0 Å². The summed E-state index contributed by atoms with van der Waals surface area (Å²) in [7, 11) is 3.32. The molecule has 2 aromatic carbocycles. The third kappa shape index (κ3) is 5.57. The monoisotopic (exact) mass is 438 g/mol. The molecule has 2 amide bonds. The highest BCUT2D eigenvalue weighted by molar-refractivity contribution is 6.21. The van der Waals surface area contributed by atoms with Crippen molar-refractivity contribution in [2.75, 3.05) is 33.8 Å². The van der Waals surface area contributed by atoms with Crippen molar-refractivity contribution in [3.63, 3.8) is 0 Å². The minimum atomic E-state index is -0.208. The molecule has 1 heterocycles. The van der Waals surface area contributed by atoms with Gasteiger partial charge in [0.2, 0.25) is 0 Å². The van der Waals surface area contributed by atoms with E-state index in [9.17, 15) is 9.59 Å². The Morgan fingerprint density at radius 1 is 0.969 bits per heavy atom. The lowest BCUT2D eigenvalue weighted by Crippen LogP contribution is -2.42. The van der Waals surface area contributed by atoms with Crippen LogP contribution in [-0.4, -0.2) is 62.6 Å². The van der Waals surface area contributed by atoms with E-state index in [0.29, 0.717) is 54.6 Å². The van der Waals surface area contributed by atoms with Crippen molar-refractivity contribution in [2.24, 2.45) is 4.99 Å². The Bertz CT molecular complexity index is 941. The van der Waals surface area contributed by atoms with Gasteiger partial charge >= 0.3 is 0 Å². The molecule has 2 aromatic rings. The summed E-state index contributed by atoms with van der Waals surface area (Å²) in [6, 6.07) is 14.5. The van der Waals surface area contributed by atoms with E-state index in [1.54, 1.807) is 38.4 Å². The van der Waals surface area contributed by atoms with Crippen molar-refractivity contribution in [1.29, 1.82) is 0 Å². The topological polar surface area (TPSA) is 92.3 Å². The van der Waals surface area contributed by atoms with Gasteiger partial charge in [0.25, 0.3) is 11.8 Å². The molecule has 0 bridgehead atoms. The van der Waals surface area contributed by atoms with Crippen LogP contribution in [-0.2, 0) is 0 Å². The number of unbranched alkanes of at least 4 members (excludes halogenated alkanes) is 1. The molecule has 0 saturated heterocycles. The van der Waals surface area contributed by atoms with Gasteiger partial charge in [-0.25, -0.2) is 0 Å². The fraction of sp³-hybridized carbons (Fsp3) is 0.375. The smallest absolute Gasteiger partial charge is 0.261 e. The highest BCUT2D eigenvalue weighted by atomic mass is 16.5. The van der Waals surface area contributed by atoms with Crippen LogP contribution in [0.4, 0.5) is 0 Å². The number of hydrogen-bond acceptors (Lipinski definition) is 5. The van der Waals surface area contributed by atoms with E-state index in [2.05, 4.69) is 15.6 Å². The molecule has 170 valence electrons. The van der Waals surface area contributed by atoms with Gasteiger partial charge in [0.15, 0.2) is 17.5 Å². The number of ether oxygens (including phenoxy) is 2. The predicted molar refractivity (Wildman–Crippen MR) is 123 cm³/mol. The molecule has 32 heavy (non-hydrogen) atoms. The number of nitrogens with zero attached hydrogens (tertiary/aromatic N) is 2. The Balaban J connectivity index is 1.35. The number of aliphatic imine (C=N–C) groups is 1. The van der Waals surface area contributed by atoms with Crippen LogP contribution >= 0.6 is 0 Å². The fourth-order valence-corrected chi connectivity index (χ4v) is 3.48.